The van der Waals surface area contributed by atoms with Gasteiger partial charge in [0.05, 0.1) is 6.42 Å². The summed E-state index contributed by atoms with van der Waals surface area (Å²) in [5, 5.41) is 8.39. The van der Waals surface area contributed by atoms with Crippen LogP contribution in [-0.4, -0.2) is 119 Å². The smallest absolute Gasteiger partial charge is 0.328 e. The topological polar surface area (TPSA) is 175 Å². The van der Waals surface area contributed by atoms with Gasteiger partial charge in [-0.15, -0.1) is 0 Å². The molecule has 2 aromatic carbocycles. The van der Waals surface area contributed by atoms with E-state index in [0.717, 1.165) is 17.5 Å². The van der Waals surface area contributed by atoms with Crippen LogP contribution in [0, 0.1) is 5.92 Å². The molecule has 4 fully saturated rings. The van der Waals surface area contributed by atoms with Crippen LogP contribution in [0.2, 0.25) is 0 Å². The number of hydrogen-bond donors (Lipinski definition) is 3. The monoisotopic (exact) mass is 742 g/mol. The Morgan fingerprint density at radius 3 is 2.15 bits per heavy atom. The third-order valence-corrected chi connectivity index (χ3v) is 10.9. The molecular formula is C40H50N6O8. The average Bonchev–Trinajstić information content (AvgIpc) is 3.83. The number of carbonyl (C=O) groups is 7. The van der Waals surface area contributed by atoms with Crippen molar-refractivity contribution in [2.45, 2.75) is 101 Å². The van der Waals surface area contributed by atoms with E-state index < -0.39 is 78.4 Å². The average molecular weight is 743 g/mol. The number of nitrogens with one attached hydrogen (secondary N) is 3. The molecule has 14 heteroatoms. The predicted octanol–water partition coefficient (Wildman–Crippen LogP) is 1.11. The Kier molecular flexibility index (Phi) is 12.3. The van der Waals surface area contributed by atoms with Gasteiger partial charge < -0.3 is 35.4 Å². The molecule has 288 valence electrons. The molecule has 2 aromatic rings. The molecule has 0 radical (unpaired) electrons. The number of ether oxygens (including phenoxy) is 1. The molecule has 4 aliphatic heterocycles. The van der Waals surface area contributed by atoms with Crippen molar-refractivity contribution in [1.82, 2.24) is 30.7 Å². The van der Waals surface area contributed by atoms with Gasteiger partial charge in [-0.25, -0.2) is 4.79 Å². The molecule has 0 bridgehead atoms. The van der Waals surface area contributed by atoms with Crippen LogP contribution in [0.5, 0.6) is 0 Å². The van der Waals surface area contributed by atoms with Gasteiger partial charge >= 0.3 is 5.97 Å². The second-order valence-electron chi connectivity index (χ2n) is 15.0. The van der Waals surface area contributed by atoms with Crippen molar-refractivity contribution in [3.63, 3.8) is 0 Å². The van der Waals surface area contributed by atoms with E-state index in [1.807, 2.05) is 67.6 Å². The predicted molar refractivity (Wildman–Crippen MR) is 196 cm³/mol. The molecule has 14 nitrogen and oxygen atoms in total. The normalized spacial score (nSPS) is 27.3. The lowest BCUT2D eigenvalue weighted by molar-refractivity contribution is -0.158. The highest BCUT2D eigenvalue weighted by Crippen LogP contribution is 2.28. The summed E-state index contributed by atoms with van der Waals surface area (Å²) in [5.74, 6) is -3.74. The maximum atomic E-state index is 14.5. The summed E-state index contributed by atoms with van der Waals surface area (Å²) >= 11 is 0. The fourth-order valence-corrected chi connectivity index (χ4v) is 8.07. The number of nitrogens with zero attached hydrogens (tertiary/aromatic N) is 3. The first-order valence-corrected chi connectivity index (χ1v) is 19.1. The second kappa shape index (κ2) is 17.3. The van der Waals surface area contributed by atoms with Gasteiger partial charge in [0, 0.05) is 26.1 Å². The van der Waals surface area contributed by atoms with E-state index >= 15 is 0 Å². The number of carbonyl (C=O) groups excluding carboxylic acids is 7. The maximum Gasteiger partial charge on any atom is 0.328 e. The van der Waals surface area contributed by atoms with E-state index in [1.54, 1.807) is 6.92 Å². The van der Waals surface area contributed by atoms with Crippen LogP contribution in [0.4, 0.5) is 0 Å². The van der Waals surface area contributed by atoms with Gasteiger partial charge in [0.15, 0.2) is 0 Å². The van der Waals surface area contributed by atoms with Crippen molar-refractivity contribution in [3.05, 3.63) is 71.8 Å². The summed E-state index contributed by atoms with van der Waals surface area (Å²) < 4.78 is 5.75. The minimum atomic E-state index is -1.41. The minimum absolute atomic E-state index is 0.0279. The number of cyclic esters (lactones) is 1. The molecule has 3 N–H and O–H groups in total. The Morgan fingerprint density at radius 1 is 0.778 bits per heavy atom. The zero-order valence-corrected chi connectivity index (χ0v) is 30.9. The molecule has 0 aromatic heterocycles. The molecule has 4 heterocycles. The van der Waals surface area contributed by atoms with Crippen LogP contribution in [-0.2, 0) is 51.1 Å². The maximum absolute atomic E-state index is 14.5. The van der Waals surface area contributed by atoms with E-state index in [4.69, 9.17) is 4.74 Å². The lowest BCUT2D eigenvalue weighted by Gasteiger charge is -2.39. The Balaban J connectivity index is 1.30. The summed E-state index contributed by atoms with van der Waals surface area (Å²) in [5.41, 5.74) is 1.53. The third-order valence-electron chi connectivity index (χ3n) is 10.9. The van der Waals surface area contributed by atoms with Gasteiger partial charge in [-0.2, -0.15) is 0 Å². The van der Waals surface area contributed by atoms with E-state index in [1.165, 1.54) is 14.7 Å². The molecule has 0 spiro atoms. The van der Waals surface area contributed by atoms with Crippen molar-refractivity contribution in [2.24, 2.45) is 5.92 Å². The van der Waals surface area contributed by atoms with Crippen LogP contribution in [0.15, 0.2) is 60.7 Å². The largest absolute Gasteiger partial charge is 0.461 e. The third kappa shape index (κ3) is 8.91. The fourth-order valence-electron chi connectivity index (χ4n) is 8.07. The van der Waals surface area contributed by atoms with Crippen molar-refractivity contribution in [3.8, 4) is 0 Å². The molecule has 1 unspecified atom stereocenters. The Morgan fingerprint density at radius 2 is 1.43 bits per heavy atom. The van der Waals surface area contributed by atoms with E-state index in [-0.39, 0.29) is 37.8 Å². The van der Waals surface area contributed by atoms with Gasteiger partial charge in [-0.1, -0.05) is 67.6 Å². The van der Waals surface area contributed by atoms with E-state index in [0.29, 0.717) is 38.6 Å². The molecule has 6 amide bonds. The first-order valence-electron chi connectivity index (χ1n) is 19.1. The number of piperidine rings is 1. The number of benzene rings is 2. The molecule has 54 heavy (non-hydrogen) atoms. The van der Waals surface area contributed by atoms with Gasteiger partial charge in [-0.05, 0) is 62.5 Å². The molecule has 6 rings (SSSR count). The quantitative estimate of drug-likeness (QED) is 0.354. The first-order chi connectivity index (χ1) is 26.0. The Bertz CT molecular complexity index is 1720. The zero-order valence-electron chi connectivity index (χ0n) is 30.9. The van der Waals surface area contributed by atoms with Gasteiger partial charge in [0.1, 0.15) is 42.9 Å². The summed E-state index contributed by atoms with van der Waals surface area (Å²) in [6.07, 6.45) is 3.15. The van der Waals surface area contributed by atoms with Crippen LogP contribution in [0.25, 0.3) is 0 Å². The van der Waals surface area contributed by atoms with Crippen molar-refractivity contribution >= 4 is 41.4 Å². The second-order valence-corrected chi connectivity index (χ2v) is 15.0. The lowest BCUT2D eigenvalue weighted by Crippen LogP contribution is -2.62. The van der Waals surface area contributed by atoms with Crippen molar-refractivity contribution < 1.29 is 38.3 Å². The summed E-state index contributed by atoms with van der Waals surface area (Å²) in [6.45, 7) is 3.74. The van der Waals surface area contributed by atoms with Crippen LogP contribution in [0.3, 0.4) is 0 Å². The number of rotatable bonds is 7. The van der Waals surface area contributed by atoms with Gasteiger partial charge in [-0.3, -0.25) is 28.8 Å². The highest BCUT2D eigenvalue weighted by molar-refractivity contribution is 5.98. The minimum Gasteiger partial charge on any atom is -0.461 e. The molecule has 0 saturated carbocycles. The standard InChI is InChI=1S/C40H50N6O8/c1-25-20-33-40(53)54-24-30(43-35(48)29(21-27-12-5-3-6-13-27)42-34(47)22-28-14-7-4-8-15-28)38(51)45-19-11-17-32(45)39(52)44-18-10-9-16-31(44)36(49)41-26(2)37(50)46(33)23-25/h3-8,12-15,25-26,29-33H,9-11,16-24H2,1-2H3,(H,41,49)(H,42,47)(H,43,48)/t25-,26+,29+,30+,31+,32+,33?/m1/s1. The Labute approximate surface area is 315 Å². The summed E-state index contributed by atoms with van der Waals surface area (Å²) in [7, 11) is 0. The van der Waals surface area contributed by atoms with E-state index in [9.17, 15) is 33.6 Å². The molecular weight excluding hydrogens is 692 g/mol. The Hall–Kier alpha value is -5.27. The number of esters is 1. The van der Waals surface area contributed by atoms with E-state index in [2.05, 4.69) is 16.0 Å². The highest BCUT2D eigenvalue weighted by Gasteiger charge is 2.46. The number of fused-ring (bicyclic) bond motifs is 3. The van der Waals surface area contributed by atoms with Crippen LogP contribution >= 0.6 is 0 Å². The lowest BCUT2D eigenvalue weighted by atomic mass is 9.99. The first kappa shape index (κ1) is 38.5. The van der Waals surface area contributed by atoms with Gasteiger partial charge in [0.2, 0.25) is 35.4 Å². The molecule has 7 atom stereocenters. The van der Waals surface area contributed by atoms with Gasteiger partial charge in [0.25, 0.3) is 0 Å². The summed E-state index contributed by atoms with van der Waals surface area (Å²) in [6, 6.07) is 12.1. The van der Waals surface area contributed by atoms with Crippen LogP contribution in [0.1, 0.15) is 63.5 Å². The number of hydrogen-bond acceptors (Lipinski definition) is 8. The van der Waals surface area contributed by atoms with Crippen molar-refractivity contribution in [2.75, 3.05) is 26.2 Å². The molecule has 4 saturated heterocycles. The zero-order chi connectivity index (χ0) is 38.4. The SMILES string of the molecule is C[C@@H]1CC2C(=O)OC[C@H](NC(=O)[C@H](Cc3ccccc3)NC(=O)Cc3ccccc3)C(=O)N3CCC[C@H]3C(=O)N3CCCC[C@H]3C(=O)N[C@@H](C)C(=O)N2C1. The van der Waals surface area contributed by atoms with Crippen molar-refractivity contribution in [1.29, 1.82) is 0 Å². The highest BCUT2D eigenvalue weighted by atomic mass is 16.5. The fraction of sp³-hybridized carbons (Fsp3) is 0.525. The number of amides is 6. The summed E-state index contributed by atoms with van der Waals surface area (Å²) in [4.78, 5) is 101. The molecule has 0 aliphatic carbocycles. The van der Waals surface area contributed by atoms with Crippen LogP contribution < -0.4 is 16.0 Å². The molecule has 4 aliphatic rings.